The van der Waals surface area contributed by atoms with Gasteiger partial charge >= 0.3 is 0 Å². The van der Waals surface area contributed by atoms with Crippen molar-refractivity contribution in [2.45, 2.75) is 44.9 Å². The first-order valence-electron chi connectivity index (χ1n) is 10.2. The van der Waals surface area contributed by atoms with Crippen molar-refractivity contribution in [3.05, 3.63) is 68.7 Å². The monoisotopic (exact) mass is 453 g/mol. The Hall–Kier alpha value is -2.47. The van der Waals surface area contributed by atoms with Crippen LogP contribution in [0.15, 0.2) is 56.8 Å². The molecule has 1 aliphatic carbocycles. The van der Waals surface area contributed by atoms with E-state index in [1.165, 1.54) is 23.9 Å². The summed E-state index contributed by atoms with van der Waals surface area (Å²) in [7, 11) is 0. The van der Waals surface area contributed by atoms with Gasteiger partial charge in [-0.25, -0.2) is 4.98 Å². The van der Waals surface area contributed by atoms with Crippen LogP contribution < -0.4 is 10.3 Å². The van der Waals surface area contributed by atoms with Crippen LogP contribution in [0.3, 0.4) is 0 Å². The Morgan fingerprint density at radius 2 is 2.00 bits per heavy atom. The highest BCUT2D eigenvalue weighted by Gasteiger charge is 2.22. The average Bonchev–Trinajstić information content (AvgIpc) is 2.75. The van der Waals surface area contributed by atoms with E-state index in [1.54, 1.807) is 6.21 Å². The molecule has 29 heavy (non-hydrogen) atoms. The van der Waals surface area contributed by atoms with Crippen molar-refractivity contribution in [3.8, 4) is 5.75 Å². The van der Waals surface area contributed by atoms with Crippen LogP contribution in [0.5, 0.6) is 5.75 Å². The molecule has 0 saturated heterocycles. The Kier molecular flexibility index (Phi) is 6.09. The lowest BCUT2D eigenvalue weighted by molar-refractivity contribution is 0.338. The van der Waals surface area contributed by atoms with E-state index in [2.05, 4.69) is 21.0 Å². The summed E-state index contributed by atoms with van der Waals surface area (Å²) in [4.78, 5) is 18.0. The second kappa shape index (κ2) is 8.91. The molecule has 0 unspecified atom stereocenters. The minimum absolute atomic E-state index is 0.113. The molecule has 5 nitrogen and oxygen atoms in total. The van der Waals surface area contributed by atoms with Gasteiger partial charge in [0.2, 0.25) is 0 Å². The van der Waals surface area contributed by atoms with Crippen molar-refractivity contribution in [1.82, 2.24) is 9.66 Å². The Balaban J connectivity index is 1.77. The minimum atomic E-state index is -0.113. The lowest BCUT2D eigenvalue weighted by Crippen LogP contribution is -2.25. The summed E-state index contributed by atoms with van der Waals surface area (Å²) in [5.41, 5.74) is 1.51. The molecule has 1 fully saturated rings. The zero-order valence-electron chi connectivity index (χ0n) is 16.5. The number of hydrogen-bond donors (Lipinski definition) is 0. The summed E-state index contributed by atoms with van der Waals surface area (Å²) in [6, 6.07) is 13.3. The summed E-state index contributed by atoms with van der Waals surface area (Å²) < 4.78 is 7.93. The normalized spacial score (nSPS) is 15.2. The maximum atomic E-state index is 13.2. The molecule has 4 rings (SSSR count). The quantitative estimate of drug-likeness (QED) is 0.480. The van der Waals surface area contributed by atoms with Crippen LogP contribution in [0, 0.1) is 0 Å². The van der Waals surface area contributed by atoms with E-state index in [9.17, 15) is 4.79 Å². The number of aromatic nitrogens is 2. The van der Waals surface area contributed by atoms with Crippen molar-refractivity contribution in [1.29, 1.82) is 0 Å². The molecule has 150 valence electrons. The molecule has 0 aliphatic heterocycles. The fourth-order valence-electron chi connectivity index (χ4n) is 3.87. The first-order valence-corrected chi connectivity index (χ1v) is 10.9. The standard InChI is InChI=1S/C23H24BrN3O2/c1-2-29-21-13-12-16(14-19(21)24)15-25-27-22(17-8-4-3-5-9-17)26-20-11-7-6-10-18(20)23(27)28/h6-7,10-15,17H,2-5,8-9H2,1H3. The number of fused-ring (bicyclic) bond motifs is 1. The number of halogens is 1. The van der Waals surface area contributed by atoms with Crippen LogP contribution in [0.4, 0.5) is 0 Å². The second-order valence-corrected chi connectivity index (χ2v) is 8.16. The Morgan fingerprint density at radius 3 is 2.76 bits per heavy atom. The van der Waals surface area contributed by atoms with Gasteiger partial charge in [-0.1, -0.05) is 31.4 Å². The lowest BCUT2D eigenvalue weighted by atomic mass is 9.88. The molecule has 0 bridgehead atoms. The molecule has 1 saturated carbocycles. The lowest BCUT2D eigenvalue weighted by Gasteiger charge is -2.22. The molecule has 0 atom stereocenters. The van der Waals surface area contributed by atoms with Gasteiger partial charge in [0, 0.05) is 5.92 Å². The molecule has 2 aromatic carbocycles. The molecule has 1 heterocycles. The topological polar surface area (TPSA) is 56.5 Å². The van der Waals surface area contributed by atoms with Crippen molar-refractivity contribution in [3.63, 3.8) is 0 Å². The third-order valence-corrected chi connectivity index (χ3v) is 5.95. The maximum absolute atomic E-state index is 13.2. The van der Waals surface area contributed by atoms with E-state index in [4.69, 9.17) is 9.72 Å². The summed E-state index contributed by atoms with van der Waals surface area (Å²) in [5, 5.41) is 5.17. The zero-order valence-corrected chi connectivity index (χ0v) is 18.1. The highest BCUT2D eigenvalue weighted by atomic mass is 79.9. The summed E-state index contributed by atoms with van der Waals surface area (Å²) in [5.74, 6) is 1.83. The molecule has 1 aliphatic rings. The number of para-hydroxylation sites is 1. The molecular formula is C23H24BrN3O2. The summed E-state index contributed by atoms with van der Waals surface area (Å²) >= 11 is 3.53. The van der Waals surface area contributed by atoms with Crippen molar-refractivity contribution in [2.24, 2.45) is 5.10 Å². The largest absolute Gasteiger partial charge is 0.493 e. The Bertz CT molecular complexity index is 1100. The van der Waals surface area contributed by atoms with Gasteiger partial charge in [0.05, 0.1) is 28.2 Å². The molecule has 6 heteroatoms. The van der Waals surface area contributed by atoms with Crippen LogP contribution in [0.2, 0.25) is 0 Å². The predicted molar refractivity (Wildman–Crippen MR) is 120 cm³/mol. The number of rotatable bonds is 5. The smallest absolute Gasteiger partial charge is 0.282 e. The van der Waals surface area contributed by atoms with Gasteiger partial charge in [0.1, 0.15) is 11.6 Å². The molecule has 3 aromatic rings. The van der Waals surface area contributed by atoms with Crippen LogP contribution in [0.1, 0.15) is 56.3 Å². The number of ether oxygens (including phenoxy) is 1. The first kappa shape index (κ1) is 19.8. The number of benzene rings is 2. The first-order chi connectivity index (χ1) is 14.2. The van der Waals surface area contributed by atoms with E-state index in [0.717, 1.165) is 40.0 Å². The minimum Gasteiger partial charge on any atom is -0.493 e. The van der Waals surface area contributed by atoms with Crippen LogP contribution in [-0.4, -0.2) is 22.5 Å². The molecule has 0 N–H and O–H groups in total. The van der Waals surface area contributed by atoms with E-state index < -0.39 is 0 Å². The van der Waals surface area contributed by atoms with Gasteiger partial charge in [0.15, 0.2) is 0 Å². The summed E-state index contributed by atoms with van der Waals surface area (Å²) in [6.45, 7) is 2.56. The van der Waals surface area contributed by atoms with Crippen molar-refractivity contribution >= 4 is 33.0 Å². The third-order valence-electron chi connectivity index (χ3n) is 5.33. The second-order valence-electron chi connectivity index (χ2n) is 7.31. The Labute approximate surface area is 178 Å². The van der Waals surface area contributed by atoms with Crippen molar-refractivity contribution in [2.75, 3.05) is 6.61 Å². The predicted octanol–water partition coefficient (Wildman–Crippen LogP) is 5.49. The molecule has 0 amide bonds. The van der Waals surface area contributed by atoms with Gasteiger partial charge in [-0.15, -0.1) is 0 Å². The van der Waals surface area contributed by atoms with E-state index in [1.807, 2.05) is 49.4 Å². The molecule has 0 radical (unpaired) electrons. The highest BCUT2D eigenvalue weighted by molar-refractivity contribution is 9.10. The fourth-order valence-corrected chi connectivity index (χ4v) is 4.38. The zero-order chi connectivity index (χ0) is 20.2. The maximum Gasteiger partial charge on any atom is 0.282 e. The van der Waals surface area contributed by atoms with Gasteiger partial charge in [-0.05, 0) is 71.6 Å². The molecular weight excluding hydrogens is 430 g/mol. The highest BCUT2D eigenvalue weighted by Crippen LogP contribution is 2.32. The average molecular weight is 454 g/mol. The van der Waals surface area contributed by atoms with Gasteiger partial charge < -0.3 is 4.74 Å². The number of hydrogen-bond acceptors (Lipinski definition) is 4. The SMILES string of the molecule is CCOc1ccc(C=Nn2c(C3CCCCC3)nc3ccccc3c2=O)cc1Br. The molecule has 0 spiro atoms. The van der Waals surface area contributed by atoms with Crippen LogP contribution in [-0.2, 0) is 0 Å². The van der Waals surface area contributed by atoms with Crippen LogP contribution in [0.25, 0.3) is 10.9 Å². The van der Waals surface area contributed by atoms with E-state index in [-0.39, 0.29) is 11.5 Å². The van der Waals surface area contributed by atoms with Crippen molar-refractivity contribution < 1.29 is 4.74 Å². The van der Waals surface area contributed by atoms with Crippen LogP contribution >= 0.6 is 15.9 Å². The number of nitrogens with zero attached hydrogens (tertiary/aromatic N) is 3. The van der Waals surface area contributed by atoms with Gasteiger partial charge in [-0.2, -0.15) is 9.78 Å². The molecule has 1 aromatic heterocycles. The third kappa shape index (κ3) is 4.27. The van der Waals surface area contributed by atoms with E-state index >= 15 is 0 Å². The summed E-state index contributed by atoms with van der Waals surface area (Å²) in [6.07, 6.45) is 7.40. The van der Waals surface area contributed by atoms with Gasteiger partial charge in [-0.3, -0.25) is 4.79 Å². The Morgan fingerprint density at radius 1 is 1.21 bits per heavy atom. The fraction of sp³-hybridized carbons (Fsp3) is 0.348. The van der Waals surface area contributed by atoms with Gasteiger partial charge in [0.25, 0.3) is 5.56 Å². The van der Waals surface area contributed by atoms with E-state index in [0.29, 0.717) is 12.0 Å².